The van der Waals surface area contributed by atoms with Gasteiger partial charge in [-0.1, -0.05) is 96.8 Å². The van der Waals surface area contributed by atoms with Crippen LogP contribution in [0.15, 0.2) is 34.4 Å². The predicted molar refractivity (Wildman–Crippen MR) is 173 cm³/mol. The Morgan fingerprint density at radius 3 is 2.26 bits per heavy atom. The van der Waals surface area contributed by atoms with Crippen LogP contribution in [0.4, 0.5) is 0 Å². The van der Waals surface area contributed by atoms with E-state index in [1.165, 1.54) is 50.5 Å². The summed E-state index contributed by atoms with van der Waals surface area (Å²) in [6.07, 6.45) is 15.8. The molecule has 1 nitrogen and oxygen atoms in total. The molecule has 39 heavy (non-hydrogen) atoms. The zero-order chi connectivity index (χ0) is 29.4. The van der Waals surface area contributed by atoms with Crippen LogP contribution in [0.2, 0.25) is 18.1 Å². The maximum Gasteiger partial charge on any atom is 0.192 e. The second-order valence-electron chi connectivity index (χ2n) is 17.5. The van der Waals surface area contributed by atoms with Crippen LogP contribution in [0.1, 0.15) is 134 Å². The van der Waals surface area contributed by atoms with E-state index in [0.717, 1.165) is 18.3 Å². The summed E-state index contributed by atoms with van der Waals surface area (Å²) >= 11 is 0. The molecule has 0 spiro atoms. The number of hydrogen-bond acceptors (Lipinski definition) is 1. The van der Waals surface area contributed by atoms with E-state index in [2.05, 4.69) is 108 Å². The van der Waals surface area contributed by atoms with Crippen molar-refractivity contribution in [1.29, 1.82) is 0 Å². The normalized spacial score (nSPS) is 37.8. The van der Waals surface area contributed by atoms with Crippen LogP contribution in [0, 0.1) is 39.4 Å². The van der Waals surface area contributed by atoms with Crippen LogP contribution in [-0.2, 0) is 4.43 Å². The van der Waals surface area contributed by atoms with Crippen LogP contribution >= 0.6 is 0 Å². The van der Waals surface area contributed by atoms with Gasteiger partial charge in [-0.05, 0) is 130 Å². The molecular weight excluding hydrogens is 488 g/mol. The molecule has 2 heteroatoms. The highest BCUT2D eigenvalue weighted by atomic mass is 28.4. The molecule has 0 aromatic heterocycles. The Morgan fingerprint density at radius 2 is 1.67 bits per heavy atom. The topological polar surface area (TPSA) is 9.23 Å². The van der Waals surface area contributed by atoms with Crippen molar-refractivity contribution in [2.24, 2.45) is 39.4 Å². The van der Waals surface area contributed by atoms with Gasteiger partial charge in [0.1, 0.15) is 0 Å². The molecule has 0 bridgehead atoms. The van der Waals surface area contributed by atoms with Gasteiger partial charge in [-0.25, -0.2) is 0 Å². The molecule has 4 rings (SSSR count). The molecule has 0 saturated heterocycles. The first-order valence-corrected chi connectivity index (χ1v) is 19.3. The second-order valence-corrected chi connectivity index (χ2v) is 22.2. The Bertz CT molecular complexity index is 1050. The van der Waals surface area contributed by atoms with Crippen LogP contribution in [0.3, 0.4) is 0 Å². The van der Waals surface area contributed by atoms with Gasteiger partial charge in [0, 0.05) is 0 Å². The first-order valence-electron chi connectivity index (χ1n) is 16.4. The third-order valence-electron chi connectivity index (χ3n) is 14.1. The molecule has 7 atom stereocenters. The highest BCUT2D eigenvalue weighted by Gasteiger charge is 2.63. The molecule has 1 saturated carbocycles. The summed E-state index contributed by atoms with van der Waals surface area (Å²) in [5.41, 5.74) is 8.21. The van der Waals surface area contributed by atoms with E-state index in [1.807, 2.05) is 11.1 Å². The fourth-order valence-corrected chi connectivity index (χ4v) is 11.3. The molecule has 0 amide bonds. The van der Waals surface area contributed by atoms with E-state index < -0.39 is 8.32 Å². The number of fused-ring (bicyclic) bond motifs is 4. The van der Waals surface area contributed by atoms with Crippen molar-refractivity contribution in [2.75, 3.05) is 0 Å². The van der Waals surface area contributed by atoms with E-state index in [-0.39, 0.29) is 5.04 Å². The van der Waals surface area contributed by atoms with Gasteiger partial charge >= 0.3 is 0 Å². The highest BCUT2D eigenvalue weighted by molar-refractivity contribution is 6.74. The Labute approximate surface area is 244 Å². The van der Waals surface area contributed by atoms with Gasteiger partial charge in [0.15, 0.2) is 8.32 Å². The monoisotopic (exact) mass is 552 g/mol. The third kappa shape index (κ3) is 4.84. The first-order chi connectivity index (χ1) is 17.7. The van der Waals surface area contributed by atoms with E-state index in [1.54, 1.807) is 5.57 Å². The molecule has 0 aliphatic heterocycles. The summed E-state index contributed by atoms with van der Waals surface area (Å²) in [5, 5.41) is 0.239. The summed E-state index contributed by atoms with van der Waals surface area (Å²) in [6.45, 7) is 34.7. The van der Waals surface area contributed by atoms with Crippen LogP contribution in [-0.4, -0.2) is 14.4 Å². The van der Waals surface area contributed by atoms with Crippen molar-refractivity contribution in [3.8, 4) is 0 Å². The van der Waals surface area contributed by atoms with Crippen molar-refractivity contribution >= 4 is 8.32 Å². The van der Waals surface area contributed by atoms with E-state index in [0.29, 0.717) is 33.7 Å². The largest absolute Gasteiger partial charge is 0.413 e. The molecule has 4 aliphatic carbocycles. The lowest BCUT2D eigenvalue weighted by Crippen LogP contribution is -2.52. The molecule has 0 heterocycles. The minimum absolute atomic E-state index is 0.239. The zero-order valence-electron chi connectivity index (χ0n) is 28.5. The predicted octanol–water partition coefficient (Wildman–Crippen LogP) is 11.7. The summed E-state index contributed by atoms with van der Waals surface area (Å²) in [5.74, 6) is 2.09. The maximum atomic E-state index is 7.29. The lowest BCUT2D eigenvalue weighted by atomic mass is 9.44. The highest BCUT2D eigenvalue weighted by Crippen LogP contribution is 2.72. The van der Waals surface area contributed by atoms with Crippen LogP contribution in [0.5, 0.6) is 0 Å². The minimum Gasteiger partial charge on any atom is -0.413 e. The van der Waals surface area contributed by atoms with Crippen molar-refractivity contribution in [1.82, 2.24) is 0 Å². The zero-order valence-corrected chi connectivity index (χ0v) is 29.5. The summed E-state index contributed by atoms with van der Waals surface area (Å²) in [7, 11) is -1.86. The molecule has 0 radical (unpaired) electrons. The van der Waals surface area contributed by atoms with Gasteiger partial charge < -0.3 is 4.43 Å². The fraction of sp³-hybridized carbons (Fsp3) is 0.838. The fourth-order valence-electron chi connectivity index (χ4n) is 9.86. The Morgan fingerprint density at radius 1 is 1.03 bits per heavy atom. The van der Waals surface area contributed by atoms with E-state index in [9.17, 15) is 0 Å². The Kier molecular flexibility index (Phi) is 8.03. The minimum atomic E-state index is -1.86. The maximum absolute atomic E-state index is 7.29. The average molecular weight is 553 g/mol. The molecule has 0 aromatic rings. The van der Waals surface area contributed by atoms with Gasteiger partial charge in [0.25, 0.3) is 0 Å². The summed E-state index contributed by atoms with van der Waals surface area (Å²) < 4.78 is 7.29. The quantitative estimate of drug-likeness (QED) is 0.235. The SMILES string of the molecule is CC(C)=CCC(O[Si](C)(C)C(C)(C)C)[C@@H](C)[C@H]1CC[C@@]2(C)C3=C(CC[C@]12C)[C@@]1(C)CC=C(C)C(C)(C)C1CC3. The number of rotatable bonds is 6. The molecule has 222 valence electrons. The van der Waals surface area contributed by atoms with Gasteiger partial charge in [-0.3, -0.25) is 0 Å². The standard InChI is InChI=1S/C37H64OSi/c1-25(2)15-17-31(38-39(13,14)33(5,6)7)27(4)28-20-23-37(12)30-16-18-32-34(8,9)26(3)19-22-35(32,10)29(30)21-24-36(28,37)11/h15,19,27-28,31-32H,16-18,20-24H2,1-14H3/t27-,28+,31?,32?,35+,36+,37-/m0/s1. The number of hydrogen-bond donors (Lipinski definition) is 0. The van der Waals surface area contributed by atoms with Crippen LogP contribution < -0.4 is 0 Å². The van der Waals surface area contributed by atoms with Gasteiger partial charge in [-0.15, -0.1) is 0 Å². The summed E-state index contributed by atoms with van der Waals surface area (Å²) in [4.78, 5) is 0. The molecule has 0 aromatic carbocycles. The lowest BCUT2D eigenvalue weighted by Gasteiger charge is -2.61. The molecule has 4 aliphatic rings. The molecule has 1 fully saturated rings. The summed E-state index contributed by atoms with van der Waals surface area (Å²) in [6, 6.07) is 0. The molecule has 0 N–H and O–H groups in total. The van der Waals surface area contributed by atoms with Crippen LogP contribution in [0.25, 0.3) is 0 Å². The lowest BCUT2D eigenvalue weighted by molar-refractivity contribution is -0.0131. The molecular formula is C37H64OSi. The third-order valence-corrected chi connectivity index (χ3v) is 18.6. The number of allylic oxidation sites excluding steroid dienone is 5. The van der Waals surface area contributed by atoms with Crippen molar-refractivity contribution < 1.29 is 4.43 Å². The average Bonchev–Trinajstić information content (AvgIpc) is 3.09. The van der Waals surface area contributed by atoms with Gasteiger partial charge in [0.05, 0.1) is 6.10 Å². The van der Waals surface area contributed by atoms with Crippen molar-refractivity contribution in [2.45, 2.75) is 159 Å². The van der Waals surface area contributed by atoms with Gasteiger partial charge in [0.2, 0.25) is 0 Å². The van der Waals surface area contributed by atoms with Crippen molar-refractivity contribution in [3.63, 3.8) is 0 Å². The smallest absolute Gasteiger partial charge is 0.192 e. The van der Waals surface area contributed by atoms with E-state index >= 15 is 0 Å². The Hall–Kier alpha value is -0.603. The molecule has 2 unspecified atom stereocenters. The second kappa shape index (κ2) is 10.00. The van der Waals surface area contributed by atoms with Gasteiger partial charge in [-0.2, -0.15) is 0 Å². The Balaban J connectivity index is 1.69. The van der Waals surface area contributed by atoms with Crippen molar-refractivity contribution in [3.05, 3.63) is 34.4 Å². The first kappa shape index (κ1) is 31.3. The van der Waals surface area contributed by atoms with E-state index in [4.69, 9.17) is 4.43 Å².